The van der Waals surface area contributed by atoms with Crippen molar-refractivity contribution in [2.45, 2.75) is 39.3 Å². The average Bonchev–Trinajstić information content (AvgIpc) is 2.45. The molecule has 1 aromatic carbocycles. The quantitative estimate of drug-likeness (QED) is 0.699. The van der Waals surface area contributed by atoms with Crippen LogP contribution in [0.25, 0.3) is 0 Å². The molecule has 1 unspecified atom stereocenters. The summed E-state index contributed by atoms with van der Waals surface area (Å²) in [5.41, 5.74) is 7.28. The van der Waals surface area contributed by atoms with Gasteiger partial charge in [-0.25, -0.2) is 0 Å². The van der Waals surface area contributed by atoms with E-state index in [2.05, 4.69) is 10.6 Å². The highest BCUT2D eigenvalue weighted by atomic mass is 16.2. The predicted molar refractivity (Wildman–Crippen MR) is 79.2 cm³/mol. The molecule has 0 aromatic heterocycles. The van der Waals surface area contributed by atoms with Gasteiger partial charge in [-0.1, -0.05) is 25.5 Å². The molecule has 0 aliphatic rings. The lowest BCUT2D eigenvalue weighted by molar-refractivity contribution is -0.122. The molecule has 0 aliphatic carbocycles. The number of carbonyl (C=O) groups excluding carboxylic acids is 2. The van der Waals surface area contributed by atoms with Gasteiger partial charge in [0.25, 0.3) is 5.91 Å². The number of hydrogen-bond donors (Lipinski definition) is 3. The van der Waals surface area contributed by atoms with Crippen LogP contribution >= 0.6 is 0 Å². The molecule has 0 saturated heterocycles. The van der Waals surface area contributed by atoms with Crippen LogP contribution in [0.15, 0.2) is 24.3 Å². The zero-order valence-corrected chi connectivity index (χ0v) is 12.1. The monoisotopic (exact) mass is 277 g/mol. The molecule has 0 radical (unpaired) electrons. The van der Waals surface area contributed by atoms with Gasteiger partial charge in [0.05, 0.1) is 6.04 Å². The summed E-state index contributed by atoms with van der Waals surface area (Å²) in [4.78, 5) is 23.3. The second-order valence-corrected chi connectivity index (χ2v) is 4.67. The zero-order chi connectivity index (χ0) is 15.0. The van der Waals surface area contributed by atoms with Crippen LogP contribution in [-0.4, -0.2) is 24.4 Å². The van der Waals surface area contributed by atoms with Crippen molar-refractivity contribution in [3.05, 3.63) is 35.4 Å². The fourth-order valence-corrected chi connectivity index (χ4v) is 1.80. The van der Waals surface area contributed by atoms with E-state index >= 15 is 0 Å². The predicted octanol–water partition coefficient (Wildman–Crippen LogP) is 1.18. The minimum Gasteiger partial charge on any atom is -0.352 e. The molecule has 0 bridgehead atoms. The van der Waals surface area contributed by atoms with Crippen LogP contribution in [0.5, 0.6) is 0 Å². The normalized spacial score (nSPS) is 11.8. The van der Waals surface area contributed by atoms with Crippen molar-refractivity contribution >= 4 is 11.8 Å². The molecular formula is C15H23N3O2. The van der Waals surface area contributed by atoms with Gasteiger partial charge in [0, 0.05) is 18.7 Å². The summed E-state index contributed by atoms with van der Waals surface area (Å²) in [7, 11) is 0. The third kappa shape index (κ3) is 5.01. The molecule has 0 aliphatic heterocycles. The van der Waals surface area contributed by atoms with E-state index in [1.54, 1.807) is 12.1 Å². The minimum absolute atomic E-state index is 0.0898. The Hall–Kier alpha value is -1.88. The molecule has 0 spiro atoms. The van der Waals surface area contributed by atoms with Crippen molar-refractivity contribution in [1.82, 2.24) is 10.6 Å². The van der Waals surface area contributed by atoms with Crippen LogP contribution in [0.1, 0.15) is 42.6 Å². The van der Waals surface area contributed by atoms with E-state index in [9.17, 15) is 9.59 Å². The van der Waals surface area contributed by atoms with Crippen LogP contribution < -0.4 is 16.4 Å². The molecule has 20 heavy (non-hydrogen) atoms. The standard InChI is InChI=1S/C15H23N3O2/c1-3-5-13(16)15(20)18-10-11-6-8-12(9-7-11)14(19)17-4-2/h6-9,13H,3-5,10,16H2,1-2H3,(H,17,19)(H,18,20). The summed E-state index contributed by atoms with van der Waals surface area (Å²) in [5.74, 6) is -0.229. The zero-order valence-electron chi connectivity index (χ0n) is 12.1. The molecule has 0 heterocycles. The Morgan fingerprint density at radius 3 is 2.35 bits per heavy atom. The van der Waals surface area contributed by atoms with E-state index in [0.717, 1.165) is 12.0 Å². The van der Waals surface area contributed by atoms with Crippen molar-refractivity contribution in [2.24, 2.45) is 5.73 Å². The first-order chi connectivity index (χ1) is 9.58. The van der Waals surface area contributed by atoms with E-state index in [1.165, 1.54) is 0 Å². The lowest BCUT2D eigenvalue weighted by Crippen LogP contribution is -2.40. The number of carbonyl (C=O) groups is 2. The summed E-state index contributed by atoms with van der Waals surface area (Å²) in [6.07, 6.45) is 1.57. The van der Waals surface area contributed by atoms with Gasteiger partial charge in [0.15, 0.2) is 0 Å². The smallest absolute Gasteiger partial charge is 0.251 e. The first-order valence-electron chi connectivity index (χ1n) is 6.98. The van der Waals surface area contributed by atoms with Gasteiger partial charge in [-0.05, 0) is 31.0 Å². The molecule has 5 heteroatoms. The highest BCUT2D eigenvalue weighted by Crippen LogP contribution is 2.04. The highest BCUT2D eigenvalue weighted by Gasteiger charge is 2.11. The fourth-order valence-electron chi connectivity index (χ4n) is 1.80. The Labute approximate surface area is 119 Å². The Balaban J connectivity index is 2.49. The summed E-state index contributed by atoms with van der Waals surface area (Å²) in [6.45, 7) is 4.90. The lowest BCUT2D eigenvalue weighted by Gasteiger charge is -2.11. The van der Waals surface area contributed by atoms with Gasteiger partial charge >= 0.3 is 0 Å². The maximum Gasteiger partial charge on any atom is 0.251 e. The molecule has 2 amide bonds. The van der Waals surface area contributed by atoms with Gasteiger partial charge < -0.3 is 16.4 Å². The van der Waals surface area contributed by atoms with Gasteiger partial charge in [-0.2, -0.15) is 0 Å². The van der Waals surface area contributed by atoms with Crippen LogP contribution in [0.4, 0.5) is 0 Å². The van der Waals surface area contributed by atoms with E-state index in [0.29, 0.717) is 25.1 Å². The Morgan fingerprint density at radius 1 is 1.15 bits per heavy atom. The Bertz CT molecular complexity index is 443. The molecule has 1 aromatic rings. The van der Waals surface area contributed by atoms with Crippen LogP contribution in [0.2, 0.25) is 0 Å². The summed E-state index contributed by atoms with van der Waals surface area (Å²) in [6, 6.07) is 6.71. The van der Waals surface area contributed by atoms with Crippen molar-refractivity contribution < 1.29 is 9.59 Å². The van der Waals surface area contributed by atoms with E-state index < -0.39 is 6.04 Å². The van der Waals surface area contributed by atoms with Gasteiger partial charge in [-0.3, -0.25) is 9.59 Å². The van der Waals surface area contributed by atoms with E-state index in [4.69, 9.17) is 5.73 Å². The molecule has 5 nitrogen and oxygen atoms in total. The van der Waals surface area contributed by atoms with Crippen molar-refractivity contribution in [1.29, 1.82) is 0 Å². The molecule has 0 saturated carbocycles. The van der Waals surface area contributed by atoms with Crippen molar-refractivity contribution in [3.8, 4) is 0 Å². The minimum atomic E-state index is -0.449. The van der Waals surface area contributed by atoms with Gasteiger partial charge in [0.2, 0.25) is 5.91 Å². The maximum atomic E-state index is 11.7. The first-order valence-corrected chi connectivity index (χ1v) is 6.98. The molecular weight excluding hydrogens is 254 g/mol. The second-order valence-electron chi connectivity index (χ2n) is 4.67. The lowest BCUT2D eigenvalue weighted by atomic mass is 10.1. The van der Waals surface area contributed by atoms with Gasteiger partial charge in [0.1, 0.15) is 0 Å². The number of nitrogens with two attached hydrogens (primary N) is 1. The number of nitrogens with one attached hydrogen (secondary N) is 2. The second kappa shape index (κ2) is 8.32. The summed E-state index contributed by atoms with van der Waals surface area (Å²) < 4.78 is 0. The summed E-state index contributed by atoms with van der Waals surface area (Å²) in [5, 5.41) is 5.53. The van der Waals surface area contributed by atoms with E-state index in [1.807, 2.05) is 26.0 Å². The first kappa shape index (κ1) is 16.2. The van der Waals surface area contributed by atoms with Crippen LogP contribution in [-0.2, 0) is 11.3 Å². The number of amides is 2. The van der Waals surface area contributed by atoms with Crippen molar-refractivity contribution in [3.63, 3.8) is 0 Å². The van der Waals surface area contributed by atoms with Crippen molar-refractivity contribution in [2.75, 3.05) is 6.54 Å². The third-order valence-electron chi connectivity index (χ3n) is 2.96. The number of benzene rings is 1. The molecule has 1 rings (SSSR count). The number of hydrogen-bond acceptors (Lipinski definition) is 3. The SMILES string of the molecule is CCCC(N)C(=O)NCc1ccc(C(=O)NCC)cc1. The topological polar surface area (TPSA) is 84.2 Å². The van der Waals surface area contributed by atoms with Crippen LogP contribution in [0, 0.1) is 0 Å². The molecule has 0 fully saturated rings. The van der Waals surface area contributed by atoms with Crippen LogP contribution in [0.3, 0.4) is 0 Å². The van der Waals surface area contributed by atoms with Gasteiger partial charge in [-0.15, -0.1) is 0 Å². The van der Waals surface area contributed by atoms with E-state index in [-0.39, 0.29) is 11.8 Å². The largest absolute Gasteiger partial charge is 0.352 e. The molecule has 1 atom stereocenters. The highest BCUT2D eigenvalue weighted by molar-refractivity contribution is 5.94. The summed E-state index contributed by atoms with van der Waals surface area (Å²) >= 11 is 0. The number of rotatable bonds is 7. The average molecular weight is 277 g/mol. The third-order valence-corrected chi connectivity index (χ3v) is 2.96. The fraction of sp³-hybridized carbons (Fsp3) is 0.467. The molecule has 4 N–H and O–H groups in total. The Kier molecular flexibility index (Phi) is 6.73. The Morgan fingerprint density at radius 2 is 1.80 bits per heavy atom. The maximum absolute atomic E-state index is 11.7. The molecule has 110 valence electrons.